The fourth-order valence-corrected chi connectivity index (χ4v) is 6.65. The topological polar surface area (TPSA) is 264 Å². The molecule has 21 nitrogen and oxygen atoms in total. The van der Waals surface area contributed by atoms with Crippen LogP contribution in [-0.4, -0.2) is 173 Å². The second-order valence-electron chi connectivity index (χ2n) is 15.0. The second-order valence-corrected chi connectivity index (χ2v) is 16.2. The van der Waals surface area contributed by atoms with Crippen LogP contribution < -0.4 is 21.3 Å². The monoisotopic (exact) mass is 859 g/mol. The van der Waals surface area contributed by atoms with Crippen LogP contribution in [-0.2, 0) is 33.5 Å². The van der Waals surface area contributed by atoms with Crippen LogP contribution in [0.2, 0.25) is 0 Å². The highest BCUT2D eigenvalue weighted by molar-refractivity contribution is 8.00. The number of rotatable bonds is 20. The number of methoxy groups -OCH3 is 1. The van der Waals surface area contributed by atoms with Gasteiger partial charge in [-0.2, -0.15) is 0 Å². The van der Waals surface area contributed by atoms with Crippen molar-refractivity contribution >= 4 is 71.4 Å². The van der Waals surface area contributed by atoms with E-state index in [1.54, 1.807) is 6.92 Å². The molecule has 5 N–H and O–H groups in total. The number of ether oxygens (including phenoxy) is 1. The first-order valence-corrected chi connectivity index (χ1v) is 20.2. The maximum absolute atomic E-state index is 14.0. The average molecular weight is 860 g/mol. The molecule has 4 atom stereocenters. The van der Waals surface area contributed by atoms with Gasteiger partial charge in [-0.1, -0.05) is 20.8 Å². The number of likely N-dealkylation sites (N-methyl/N-ethyl adjacent to an activating group) is 4. The van der Waals surface area contributed by atoms with E-state index in [9.17, 15) is 53.1 Å². The average Bonchev–Trinajstić information content (AvgIpc) is 3.16. The Hall–Kier alpha value is -4.99. The van der Waals surface area contributed by atoms with Gasteiger partial charge in [0, 0.05) is 61.5 Å². The molecule has 0 heterocycles. The Labute approximate surface area is 351 Å². The third-order valence-corrected chi connectivity index (χ3v) is 10.3. The van der Waals surface area contributed by atoms with E-state index in [1.807, 2.05) is 24.5 Å². The lowest BCUT2D eigenvalue weighted by molar-refractivity contribution is -0.145. The molecule has 0 unspecified atom stereocenters. The van der Waals surface area contributed by atoms with Crippen molar-refractivity contribution in [1.29, 1.82) is 0 Å². The van der Waals surface area contributed by atoms with Gasteiger partial charge in [0.1, 0.15) is 18.1 Å². The molecular formula is C37H65N9O12S. The standard InChI is InChI=1S/C37H65N9O12S/c1-14-17-26(47)44(10)32(59-19-16-15-18-27(48)58-13)31(52)43(9)25(21-37(5,6)57)28(49)40-35(55)46(12)36(56)41-33(53)39-23(4)29(50)42(8)24(20-22(2)3)30(51)45(11)34(54)38-7/h22-25,32,57H,14-21H2,1-13H3,(H,38,54)(H,40,49,55)(H2,39,41,53,56)/t23-,24+,25+,32-/m1/s1. The highest BCUT2D eigenvalue weighted by Crippen LogP contribution is 2.24. The van der Waals surface area contributed by atoms with E-state index in [2.05, 4.69) is 15.4 Å². The second kappa shape index (κ2) is 25.5. The molecule has 0 aromatic rings. The molecule has 0 aliphatic rings. The molecule has 0 bridgehead atoms. The van der Waals surface area contributed by atoms with E-state index in [1.165, 1.54) is 68.0 Å². The third kappa shape index (κ3) is 18.2. The summed E-state index contributed by atoms with van der Waals surface area (Å²) in [4.78, 5) is 134. The Morgan fingerprint density at radius 3 is 1.80 bits per heavy atom. The Balaban J connectivity index is 5.94. The molecule has 0 aliphatic carbocycles. The number of nitrogens with one attached hydrogen (secondary N) is 4. The van der Waals surface area contributed by atoms with Gasteiger partial charge < -0.3 is 35.2 Å². The minimum absolute atomic E-state index is 0.0680. The van der Waals surface area contributed by atoms with Gasteiger partial charge in [-0.05, 0) is 58.1 Å². The number of hydrogen-bond acceptors (Lipinski definition) is 13. The fourth-order valence-electron chi connectivity index (χ4n) is 5.41. The van der Waals surface area contributed by atoms with Gasteiger partial charge in [0.05, 0.1) is 12.7 Å². The van der Waals surface area contributed by atoms with E-state index in [0.29, 0.717) is 29.9 Å². The van der Waals surface area contributed by atoms with Crippen LogP contribution in [0.1, 0.15) is 86.5 Å². The summed E-state index contributed by atoms with van der Waals surface area (Å²) in [6.07, 6.45) is 1.60. The van der Waals surface area contributed by atoms with E-state index in [4.69, 9.17) is 0 Å². The van der Waals surface area contributed by atoms with Gasteiger partial charge in [-0.3, -0.25) is 44.3 Å². The number of carbonyl (C=O) groups is 10. The summed E-state index contributed by atoms with van der Waals surface area (Å²) in [5.74, 6) is -3.61. The first kappa shape index (κ1) is 54.0. The Morgan fingerprint density at radius 1 is 0.729 bits per heavy atom. The van der Waals surface area contributed by atoms with Gasteiger partial charge in [-0.25, -0.2) is 24.1 Å². The van der Waals surface area contributed by atoms with Crippen LogP contribution in [0, 0.1) is 5.92 Å². The first-order valence-electron chi connectivity index (χ1n) is 19.1. The molecule has 0 aromatic heterocycles. The van der Waals surface area contributed by atoms with E-state index in [-0.39, 0.29) is 43.5 Å². The van der Waals surface area contributed by atoms with Gasteiger partial charge in [0.15, 0.2) is 5.37 Å². The summed E-state index contributed by atoms with van der Waals surface area (Å²) in [7, 11) is 8.87. The zero-order valence-electron chi connectivity index (χ0n) is 36.6. The largest absolute Gasteiger partial charge is 0.469 e. The molecule has 336 valence electrons. The van der Waals surface area contributed by atoms with Crippen molar-refractivity contribution in [3.8, 4) is 0 Å². The van der Waals surface area contributed by atoms with Gasteiger partial charge in [-0.15, -0.1) is 11.8 Å². The van der Waals surface area contributed by atoms with Crippen LogP contribution >= 0.6 is 11.8 Å². The maximum Gasteiger partial charge on any atom is 0.333 e. The number of unbranched alkanes of at least 4 members (excludes halogenated alkanes) is 1. The van der Waals surface area contributed by atoms with Crippen LogP contribution in [0.5, 0.6) is 0 Å². The maximum atomic E-state index is 14.0. The van der Waals surface area contributed by atoms with Gasteiger partial charge in [0.25, 0.3) is 17.7 Å². The molecule has 0 radical (unpaired) electrons. The lowest BCUT2D eigenvalue weighted by Gasteiger charge is -2.36. The normalized spacial score (nSPS) is 13.1. The quantitative estimate of drug-likeness (QED) is 0.0657. The number of hydrogen-bond donors (Lipinski definition) is 5. The number of amides is 13. The zero-order chi connectivity index (χ0) is 45.9. The lowest BCUT2D eigenvalue weighted by atomic mass is 9.97. The van der Waals surface area contributed by atoms with Crippen molar-refractivity contribution < 1.29 is 57.8 Å². The number of urea groups is 4. The molecule has 0 aromatic carbocycles. The van der Waals surface area contributed by atoms with Crippen LogP contribution in [0.3, 0.4) is 0 Å². The fraction of sp³-hybridized carbons (Fsp3) is 0.730. The van der Waals surface area contributed by atoms with Crippen molar-refractivity contribution in [3.63, 3.8) is 0 Å². The zero-order valence-corrected chi connectivity index (χ0v) is 37.4. The number of thioether (sulfide) groups is 1. The summed E-state index contributed by atoms with van der Waals surface area (Å²) in [5.41, 5.74) is -1.55. The summed E-state index contributed by atoms with van der Waals surface area (Å²) in [6.45, 7) is 9.49. The predicted octanol–water partition coefficient (Wildman–Crippen LogP) is 1.28. The number of nitrogens with zero attached hydrogens (tertiary/aromatic N) is 5. The molecule has 0 saturated carbocycles. The number of carbonyl (C=O) groups excluding carboxylic acids is 10. The minimum atomic E-state index is -1.55. The van der Waals surface area contributed by atoms with Crippen molar-refractivity contribution in [1.82, 2.24) is 45.8 Å². The third-order valence-electron chi connectivity index (χ3n) is 8.93. The van der Waals surface area contributed by atoms with Crippen LogP contribution in [0.4, 0.5) is 19.2 Å². The van der Waals surface area contributed by atoms with Crippen LogP contribution in [0.15, 0.2) is 0 Å². The molecule has 13 amide bonds. The number of esters is 1. The summed E-state index contributed by atoms with van der Waals surface area (Å²) in [6, 6.07) is -8.38. The van der Waals surface area contributed by atoms with E-state index in [0.717, 1.165) is 33.5 Å². The smallest absolute Gasteiger partial charge is 0.333 e. The van der Waals surface area contributed by atoms with Crippen molar-refractivity contribution in [2.45, 2.75) is 116 Å². The van der Waals surface area contributed by atoms with Crippen LogP contribution in [0.25, 0.3) is 0 Å². The van der Waals surface area contributed by atoms with E-state index >= 15 is 0 Å². The Kier molecular flexibility index (Phi) is 23.3. The molecular weight excluding hydrogens is 795 g/mol. The first-order chi connectivity index (χ1) is 27.2. The molecule has 0 rings (SSSR count). The molecule has 0 saturated heterocycles. The molecule has 0 aliphatic heterocycles. The van der Waals surface area contributed by atoms with Gasteiger partial charge in [0.2, 0.25) is 11.8 Å². The molecule has 0 spiro atoms. The van der Waals surface area contributed by atoms with Crippen molar-refractivity contribution in [2.75, 3.05) is 55.1 Å². The SMILES string of the molecule is CCCC(=O)N(C)[C@H](SCCCCC(=O)OC)C(=O)N(C)[C@@H](CC(C)(C)O)C(=O)NC(=O)N(C)C(=O)NC(=O)N[C@H](C)C(=O)N(C)[C@@H](CC(C)C)C(=O)N(C)C(=O)NC. The Morgan fingerprint density at radius 2 is 1.29 bits per heavy atom. The molecule has 22 heteroatoms. The minimum Gasteiger partial charge on any atom is -0.469 e. The summed E-state index contributed by atoms with van der Waals surface area (Å²) < 4.78 is 4.65. The molecule has 59 heavy (non-hydrogen) atoms. The predicted molar refractivity (Wildman–Crippen MR) is 218 cm³/mol. The van der Waals surface area contributed by atoms with Gasteiger partial charge >= 0.3 is 30.1 Å². The molecule has 0 fully saturated rings. The summed E-state index contributed by atoms with van der Waals surface area (Å²) in [5, 5.41) is 18.0. The summed E-state index contributed by atoms with van der Waals surface area (Å²) >= 11 is 1.12. The van der Waals surface area contributed by atoms with E-state index < -0.39 is 76.9 Å². The number of imide groups is 4. The highest BCUT2D eigenvalue weighted by Gasteiger charge is 2.39. The number of aliphatic hydroxyl groups is 1. The Bertz CT molecular complexity index is 1520. The van der Waals surface area contributed by atoms with Crippen molar-refractivity contribution in [2.24, 2.45) is 5.92 Å². The lowest BCUT2D eigenvalue weighted by Crippen LogP contribution is -2.59. The van der Waals surface area contributed by atoms with Crippen molar-refractivity contribution in [3.05, 3.63) is 0 Å². The highest BCUT2D eigenvalue weighted by atomic mass is 32.2.